The molecule has 0 aliphatic heterocycles. The standard InChI is InChI=1S/C10H21N3O4/c1-6(14)8(10(16)17)13-9(15)7(12)4-2-3-5-11/h6-8,14H,2-5,11-12H2,1H3,(H,13,15)(H,16,17)/t6-,7-,8-/m0/s1. The summed E-state index contributed by atoms with van der Waals surface area (Å²) >= 11 is 0. The van der Waals surface area contributed by atoms with Crippen molar-refractivity contribution in [1.82, 2.24) is 5.32 Å². The zero-order chi connectivity index (χ0) is 13.4. The number of carbonyl (C=O) groups excluding carboxylic acids is 1. The topological polar surface area (TPSA) is 139 Å². The number of nitrogens with two attached hydrogens (primary N) is 2. The summed E-state index contributed by atoms with van der Waals surface area (Å²) < 4.78 is 0. The first-order valence-electron chi connectivity index (χ1n) is 5.57. The summed E-state index contributed by atoms with van der Waals surface area (Å²) in [6, 6.07) is -2.11. The first kappa shape index (κ1) is 15.8. The minimum atomic E-state index is -1.33. The van der Waals surface area contributed by atoms with Crippen LogP contribution in [0.15, 0.2) is 0 Å². The van der Waals surface area contributed by atoms with Crippen LogP contribution < -0.4 is 16.8 Å². The lowest BCUT2D eigenvalue weighted by Crippen LogP contribution is -2.52. The van der Waals surface area contributed by atoms with Crippen LogP contribution in [0.4, 0.5) is 0 Å². The molecule has 0 aromatic heterocycles. The lowest BCUT2D eigenvalue weighted by Gasteiger charge is -2.19. The van der Waals surface area contributed by atoms with E-state index in [4.69, 9.17) is 16.6 Å². The second kappa shape index (κ2) is 7.99. The molecule has 3 atom stereocenters. The van der Waals surface area contributed by atoms with E-state index in [1.807, 2.05) is 0 Å². The van der Waals surface area contributed by atoms with Crippen molar-refractivity contribution >= 4 is 11.9 Å². The van der Waals surface area contributed by atoms with Gasteiger partial charge in [0.15, 0.2) is 6.04 Å². The molecule has 1 amide bonds. The third-order valence-electron chi connectivity index (χ3n) is 2.35. The number of hydrogen-bond acceptors (Lipinski definition) is 5. The molecule has 0 saturated heterocycles. The Hall–Kier alpha value is -1.18. The number of hydrogen-bond donors (Lipinski definition) is 5. The fraction of sp³-hybridized carbons (Fsp3) is 0.800. The highest BCUT2D eigenvalue weighted by Gasteiger charge is 2.26. The number of aliphatic carboxylic acids is 1. The quantitative estimate of drug-likeness (QED) is 0.327. The average Bonchev–Trinajstić information content (AvgIpc) is 2.24. The lowest BCUT2D eigenvalue weighted by atomic mass is 10.1. The van der Waals surface area contributed by atoms with Crippen LogP contribution in [0.1, 0.15) is 26.2 Å². The summed E-state index contributed by atoms with van der Waals surface area (Å²) in [4.78, 5) is 22.2. The van der Waals surface area contributed by atoms with Gasteiger partial charge in [-0.1, -0.05) is 6.42 Å². The predicted octanol–water partition coefficient (Wildman–Crippen LogP) is -1.61. The van der Waals surface area contributed by atoms with E-state index in [-0.39, 0.29) is 0 Å². The van der Waals surface area contributed by atoms with Gasteiger partial charge in [0.25, 0.3) is 0 Å². The fourth-order valence-corrected chi connectivity index (χ4v) is 1.29. The van der Waals surface area contributed by atoms with Crippen LogP contribution in [-0.4, -0.2) is 46.8 Å². The Kier molecular flexibility index (Phi) is 7.44. The number of unbranched alkanes of at least 4 members (excludes halogenated alkanes) is 1. The van der Waals surface area contributed by atoms with Crippen LogP contribution in [0, 0.1) is 0 Å². The molecular formula is C10H21N3O4. The van der Waals surface area contributed by atoms with E-state index in [2.05, 4.69) is 5.32 Å². The minimum Gasteiger partial charge on any atom is -0.480 e. The van der Waals surface area contributed by atoms with E-state index < -0.39 is 30.1 Å². The van der Waals surface area contributed by atoms with Crippen molar-refractivity contribution in [3.05, 3.63) is 0 Å². The molecule has 0 aromatic rings. The summed E-state index contributed by atoms with van der Waals surface area (Å²) in [5, 5.41) is 20.1. The molecule has 0 aliphatic carbocycles. The van der Waals surface area contributed by atoms with Gasteiger partial charge in [-0.05, 0) is 26.3 Å². The van der Waals surface area contributed by atoms with Gasteiger partial charge in [-0.3, -0.25) is 4.79 Å². The molecule has 0 radical (unpaired) electrons. The van der Waals surface area contributed by atoms with Crippen molar-refractivity contribution in [2.24, 2.45) is 11.5 Å². The van der Waals surface area contributed by atoms with Gasteiger partial charge in [-0.2, -0.15) is 0 Å². The monoisotopic (exact) mass is 247 g/mol. The number of aliphatic hydroxyl groups excluding tert-OH is 1. The number of rotatable bonds is 8. The molecule has 0 spiro atoms. The number of aliphatic hydroxyl groups is 1. The highest BCUT2D eigenvalue weighted by molar-refractivity contribution is 5.87. The highest BCUT2D eigenvalue weighted by atomic mass is 16.4. The Morgan fingerprint density at radius 2 is 1.94 bits per heavy atom. The van der Waals surface area contributed by atoms with Gasteiger partial charge >= 0.3 is 5.97 Å². The average molecular weight is 247 g/mol. The number of carboxylic acid groups (broad SMARTS) is 1. The van der Waals surface area contributed by atoms with Crippen molar-refractivity contribution in [3.63, 3.8) is 0 Å². The largest absolute Gasteiger partial charge is 0.480 e. The maximum Gasteiger partial charge on any atom is 0.328 e. The molecule has 7 N–H and O–H groups in total. The lowest BCUT2D eigenvalue weighted by molar-refractivity contribution is -0.145. The van der Waals surface area contributed by atoms with Crippen molar-refractivity contribution in [2.75, 3.05) is 6.54 Å². The van der Waals surface area contributed by atoms with E-state index >= 15 is 0 Å². The summed E-state index contributed by atoms with van der Waals surface area (Å²) in [7, 11) is 0. The van der Waals surface area contributed by atoms with Crippen LogP contribution in [-0.2, 0) is 9.59 Å². The van der Waals surface area contributed by atoms with Crippen LogP contribution in [0.3, 0.4) is 0 Å². The molecule has 0 unspecified atom stereocenters. The van der Waals surface area contributed by atoms with Crippen molar-refractivity contribution < 1.29 is 19.8 Å². The zero-order valence-electron chi connectivity index (χ0n) is 9.93. The normalized spacial score (nSPS) is 16.0. The number of nitrogens with one attached hydrogen (secondary N) is 1. The minimum absolute atomic E-state index is 0.440. The molecule has 17 heavy (non-hydrogen) atoms. The van der Waals surface area contributed by atoms with Crippen LogP contribution >= 0.6 is 0 Å². The van der Waals surface area contributed by atoms with E-state index in [9.17, 15) is 14.7 Å². The molecule has 0 aliphatic rings. The molecule has 100 valence electrons. The predicted molar refractivity (Wildman–Crippen MR) is 62.1 cm³/mol. The van der Waals surface area contributed by atoms with Gasteiger partial charge in [-0.15, -0.1) is 0 Å². The summed E-state index contributed by atoms with van der Waals surface area (Å²) in [6.45, 7) is 1.82. The smallest absolute Gasteiger partial charge is 0.328 e. The second-order valence-corrected chi connectivity index (χ2v) is 3.96. The molecule has 0 rings (SSSR count). The Morgan fingerprint density at radius 3 is 2.35 bits per heavy atom. The first-order chi connectivity index (χ1) is 7.90. The van der Waals surface area contributed by atoms with Crippen LogP contribution in [0.2, 0.25) is 0 Å². The third kappa shape index (κ3) is 6.20. The van der Waals surface area contributed by atoms with Crippen LogP contribution in [0.25, 0.3) is 0 Å². The van der Waals surface area contributed by atoms with Crippen LogP contribution in [0.5, 0.6) is 0 Å². The second-order valence-electron chi connectivity index (χ2n) is 3.96. The molecule has 0 saturated carbocycles. The van der Waals surface area contributed by atoms with Gasteiger partial charge in [-0.25, -0.2) is 4.79 Å². The fourth-order valence-electron chi connectivity index (χ4n) is 1.29. The third-order valence-corrected chi connectivity index (χ3v) is 2.35. The molecular weight excluding hydrogens is 226 g/mol. The molecule has 0 bridgehead atoms. The summed E-state index contributed by atoms with van der Waals surface area (Å²) in [6.07, 6.45) is 0.736. The number of carbonyl (C=O) groups is 2. The van der Waals surface area contributed by atoms with E-state index in [1.54, 1.807) is 0 Å². The number of amides is 1. The van der Waals surface area contributed by atoms with E-state index in [0.717, 1.165) is 6.42 Å². The molecule has 0 fully saturated rings. The van der Waals surface area contributed by atoms with E-state index in [0.29, 0.717) is 19.4 Å². The Labute approximate surface area is 100 Å². The highest BCUT2D eigenvalue weighted by Crippen LogP contribution is 2.00. The van der Waals surface area contributed by atoms with Gasteiger partial charge < -0.3 is 27.0 Å². The summed E-state index contributed by atoms with van der Waals surface area (Å²) in [5.41, 5.74) is 10.9. The van der Waals surface area contributed by atoms with Crippen molar-refractivity contribution in [1.29, 1.82) is 0 Å². The molecule has 7 heteroatoms. The molecule has 7 nitrogen and oxygen atoms in total. The van der Waals surface area contributed by atoms with E-state index in [1.165, 1.54) is 6.92 Å². The molecule has 0 aromatic carbocycles. The maximum absolute atomic E-state index is 11.5. The Morgan fingerprint density at radius 1 is 1.35 bits per heavy atom. The Balaban J connectivity index is 4.16. The number of carboxylic acids is 1. The van der Waals surface area contributed by atoms with Gasteiger partial charge in [0.2, 0.25) is 5.91 Å². The SMILES string of the molecule is C[C@H](O)[C@H](NC(=O)[C@@H](N)CCCCN)C(=O)O. The van der Waals surface area contributed by atoms with Gasteiger partial charge in [0, 0.05) is 0 Å². The maximum atomic E-state index is 11.5. The molecule has 0 heterocycles. The van der Waals surface area contributed by atoms with Gasteiger partial charge in [0.05, 0.1) is 12.1 Å². The van der Waals surface area contributed by atoms with Gasteiger partial charge in [0.1, 0.15) is 0 Å². The van der Waals surface area contributed by atoms with Crippen molar-refractivity contribution in [3.8, 4) is 0 Å². The Bertz CT molecular complexity index is 258. The zero-order valence-corrected chi connectivity index (χ0v) is 9.93. The summed E-state index contributed by atoms with van der Waals surface area (Å²) in [5.74, 6) is -1.86. The van der Waals surface area contributed by atoms with Crippen molar-refractivity contribution in [2.45, 2.75) is 44.4 Å². The first-order valence-corrected chi connectivity index (χ1v) is 5.57.